The fourth-order valence-corrected chi connectivity index (χ4v) is 1.79. The molecule has 0 aliphatic heterocycles. The van der Waals surface area contributed by atoms with E-state index in [1.54, 1.807) is 20.4 Å². The molecule has 0 aliphatic rings. The van der Waals surface area contributed by atoms with Crippen LogP contribution < -0.4 is 20.5 Å². The lowest BCUT2D eigenvalue weighted by Crippen LogP contribution is -2.14. The van der Waals surface area contributed by atoms with E-state index < -0.39 is 0 Å². The number of anilines is 1. The lowest BCUT2D eigenvalue weighted by molar-refractivity contribution is 0.395. The van der Waals surface area contributed by atoms with Crippen LogP contribution in [0.15, 0.2) is 30.5 Å². The fourth-order valence-electron chi connectivity index (χ4n) is 1.79. The Kier molecular flexibility index (Phi) is 4.73. The van der Waals surface area contributed by atoms with Gasteiger partial charge in [0.15, 0.2) is 0 Å². The van der Waals surface area contributed by atoms with Crippen molar-refractivity contribution in [3.8, 4) is 22.8 Å². The van der Waals surface area contributed by atoms with Gasteiger partial charge in [-0.1, -0.05) is 0 Å². The van der Waals surface area contributed by atoms with Gasteiger partial charge in [0.25, 0.3) is 0 Å². The van der Waals surface area contributed by atoms with Crippen molar-refractivity contribution in [2.24, 2.45) is 5.73 Å². The Morgan fingerprint density at radius 1 is 1.20 bits per heavy atom. The Morgan fingerprint density at radius 2 is 2.05 bits per heavy atom. The molecule has 3 N–H and O–H groups in total. The van der Waals surface area contributed by atoms with Gasteiger partial charge in [-0.15, -0.1) is 0 Å². The molecule has 0 aliphatic carbocycles. The molecule has 1 heterocycles. The van der Waals surface area contributed by atoms with Gasteiger partial charge in [0.2, 0.25) is 5.95 Å². The van der Waals surface area contributed by atoms with E-state index in [9.17, 15) is 0 Å². The molecule has 6 heteroatoms. The first-order chi connectivity index (χ1) is 9.78. The third kappa shape index (κ3) is 3.16. The first-order valence-corrected chi connectivity index (χ1v) is 6.28. The molecule has 106 valence electrons. The summed E-state index contributed by atoms with van der Waals surface area (Å²) in [6, 6.07) is 7.43. The molecule has 0 fully saturated rings. The van der Waals surface area contributed by atoms with E-state index in [4.69, 9.17) is 15.2 Å². The Bertz CT molecular complexity index is 575. The van der Waals surface area contributed by atoms with E-state index in [0.29, 0.717) is 24.8 Å². The highest BCUT2D eigenvalue weighted by Crippen LogP contribution is 2.32. The predicted octanol–water partition coefficient (Wildman–Crippen LogP) is 1.53. The second-order valence-electron chi connectivity index (χ2n) is 4.05. The van der Waals surface area contributed by atoms with Gasteiger partial charge in [-0.25, -0.2) is 9.97 Å². The molecule has 2 aromatic rings. The molecule has 20 heavy (non-hydrogen) atoms. The lowest BCUT2D eigenvalue weighted by Gasteiger charge is -2.11. The van der Waals surface area contributed by atoms with E-state index >= 15 is 0 Å². The summed E-state index contributed by atoms with van der Waals surface area (Å²) in [5, 5.41) is 3.05. The van der Waals surface area contributed by atoms with E-state index in [0.717, 1.165) is 17.0 Å². The number of rotatable bonds is 6. The van der Waals surface area contributed by atoms with Gasteiger partial charge in [0.05, 0.1) is 19.9 Å². The number of nitrogens with two attached hydrogens (primary N) is 1. The molecular weight excluding hydrogens is 256 g/mol. The van der Waals surface area contributed by atoms with E-state index in [1.165, 1.54) is 0 Å². The van der Waals surface area contributed by atoms with Crippen LogP contribution in [0, 0.1) is 0 Å². The number of ether oxygens (including phenoxy) is 2. The smallest absolute Gasteiger partial charge is 0.223 e. The maximum absolute atomic E-state index is 5.45. The molecule has 2 rings (SSSR count). The summed E-state index contributed by atoms with van der Waals surface area (Å²) in [6.07, 6.45) is 1.70. The lowest BCUT2D eigenvalue weighted by atomic mass is 10.1. The topological polar surface area (TPSA) is 82.3 Å². The number of hydrogen-bond donors (Lipinski definition) is 2. The fraction of sp³-hybridized carbons (Fsp3) is 0.286. The van der Waals surface area contributed by atoms with Gasteiger partial charge in [0.1, 0.15) is 11.5 Å². The molecule has 6 nitrogen and oxygen atoms in total. The molecule has 0 bridgehead atoms. The second-order valence-corrected chi connectivity index (χ2v) is 4.05. The van der Waals surface area contributed by atoms with Crippen molar-refractivity contribution >= 4 is 5.95 Å². The maximum atomic E-state index is 5.45. The molecule has 1 aromatic heterocycles. The van der Waals surface area contributed by atoms with Crippen LogP contribution in [0.3, 0.4) is 0 Å². The van der Waals surface area contributed by atoms with Crippen LogP contribution in [0.5, 0.6) is 11.5 Å². The Balaban J connectivity index is 2.35. The van der Waals surface area contributed by atoms with Crippen molar-refractivity contribution in [2.45, 2.75) is 0 Å². The zero-order valence-electron chi connectivity index (χ0n) is 11.6. The third-order valence-corrected chi connectivity index (χ3v) is 2.77. The average Bonchev–Trinajstić information content (AvgIpc) is 2.52. The Morgan fingerprint density at radius 3 is 2.75 bits per heavy atom. The predicted molar refractivity (Wildman–Crippen MR) is 78.1 cm³/mol. The average molecular weight is 274 g/mol. The van der Waals surface area contributed by atoms with Crippen LogP contribution in [0.4, 0.5) is 5.95 Å². The highest BCUT2D eigenvalue weighted by atomic mass is 16.5. The summed E-state index contributed by atoms with van der Waals surface area (Å²) >= 11 is 0. The zero-order valence-corrected chi connectivity index (χ0v) is 11.6. The van der Waals surface area contributed by atoms with Crippen LogP contribution in [-0.2, 0) is 0 Å². The summed E-state index contributed by atoms with van der Waals surface area (Å²) in [5.41, 5.74) is 7.11. The van der Waals surface area contributed by atoms with Crippen molar-refractivity contribution in [1.29, 1.82) is 0 Å². The zero-order chi connectivity index (χ0) is 14.4. The van der Waals surface area contributed by atoms with Gasteiger partial charge < -0.3 is 20.5 Å². The quantitative estimate of drug-likeness (QED) is 0.831. The van der Waals surface area contributed by atoms with Crippen LogP contribution in [-0.4, -0.2) is 37.3 Å². The number of hydrogen-bond acceptors (Lipinski definition) is 6. The minimum absolute atomic E-state index is 0.527. The first kappa shape index (κ1) is 14.1. The summed E-state index contributed by atoms with van der Waals surface area (Å²) in [5.74, 6) is 1.99. The SMILES string of the molecule is COc1ccc(-c2ccnc(NCCN)n2)c(OC)c1. The summed E-state index contributed by atoms with van der Waals surface area (Å²) in [4.78, 5) is 8.59. The van der Waals surface area contributed by atoms with Gasteiger partial charge in [-0.05, 0) is 18.2 Å². The number of nitrogens with one attached hydrogen (secondary N) is 1. The summed E-state index contributed by atoms with van der Waals surface area (Å²) < 4.78 is 10.6. The highest BCUT2D eigenvalue weighted by molar-refractivity contribution is 5.69. The van der Waals surface area contributed by atoms with Crippen LogP contribution >= 0.6 is 0 Å². The van der Waals surface area contributed by atoms with Gasteiger partial charge in [0, 0.05) is 30.9 Å². The van der Waals surface area contributed by atoms with Gasteiger partial charge >= 0.3 is 0 Å². The standard InChI is InChI=1S/C14H18N4O2/c1-19-10-3-4-11(13(9-10)20-2)12-5-7-16-14(18-12)17-8-6-15/h3-5,7,9H,6,8,15H2,1-2H3,(H,16,17,18). The van der Waals surface area contributed by atoms with Crippen molar-refractivity contribution in [2.75, 3.05) is 32.6 Å². The molecular formula is C14H18N4O2. The van der Waals surface area contributed by atoms with Crippen LogP contribution in [0.25, 0.3) is 11.3 Å². The maximum Gasteiger partial charge on any atom is 0.223 e. The highest BCUT2D eigenvalue weighted by Gasteiger charge is 2.09. The second kappa shape index (κ2) is 6.72. The minimum atomic E-state index is 0.527. The van der Waals surface area contributed by atoms with Crippen LogP contribution in [0.2, 0.25) is 0 Å². The minimum Gasteiger partial charge on any atom is -0.497 e. The largest absolute Gasteiger partial charge is 0.497 e. The number of benzene rings is 1. The number of aromatic nitrogens is 2. The normalized spacial score (nSPS) is 10.2. The van der Waals surface area contributed by atoms with Crippen molar-refractivity contribution in [3.63, 3.8) is 0 Å². The molecule has 1 aromatic carbocycles. The molecule has 0 spiro atoms. The monoisotopic (exact) mass is 274 g/mol. The van der Waals surface area contributed by atoms with E-state index in [1.807, 2.05) is 24.3 Å². The van der Waals surface area contributed by atoms with Gasteiger partial charge in [-0.2, -0.15) is 0 Å². The van der Waals surface area contributed by atoms with Crippen LogP contribution in [0.1, 0.15) is 0 Å². The molecule has 0 radical (unpaired) electrons. The number of methoxy groups -OCH3 is 2. The summed E-state index contributed by atoms with van der Waals surface area (Å²) in [7, 11) is 3.24. The molecule has 0 saturated heterocycles. The Hall–Kier alpha value is -2.34. The van der Waals surface area contributed by atoms with Crippen molar-refractivity contribution in [1.82, 2.24) is 9.97 Å². The number of nitrogens with zero attached hydrogens (tertiary/aromatic N) is 2. The third-order valence-electron chi connectivity index (χ3n) is 2.77. The molecule has 0 amide bonds. The van der Waals surface area contributed by atoms with Gasteiger partial charge in [-0.3, -0.25) is 0 Å². The van der Waals surface area contributed by atoms with Crippen molar-refractivity contribution in [3.05, 3.63) is 30.5 Å². The molecule has 0 saturated carbocycles. The molecule has 0 unspecified atom stereocenters. The molecule has 0 atom stereocenters. The van der Waals surface area contributed by atoms with E-state index in [-0.39, 0.29) is 0 Å². The van der Waals surface area contributed by atoms with Crippen molar-refractivity contribution < 1.29 is 9.47 Å². The Labute approximate surface area is 118 Å². The first-order valence-electron chi connectivity index (χ1n) is 6.28. The van der Waals surface area contributed by atoms with E-state index in [2.05, 4.69) is 15.3 Å². The summed E-state index contributed by atoms with van der Waals surface area (Å²) in [6.45, 7) is 1.16.